The van der Waals surface area contributed by atoms with Crippen LogP contribution in [0.15, 0.2) is 0 Å². The molecule has 2 unspecified atom stereocenters. The van der Waals surface area contributed by atoms with Crippen LogP contribution in [-0.2, 0) is 0 Å². The van der Waals surface area contributed by atoms with Crippen LogP contribution in [0.4, 0.5) is 0 Å². The fraction of sp³-hybridized carbons (Fsp3) is 0.963. The average Bonchev–Trinajstić information content (AvgIpc) is 2.68. The van der Waals surface area contributed by atoms with Crippen LogP contribution in [0, 0.1) is 18.3 Å². The summed E-state index contributed by atoms with van der Waals surface area (Å²) in [6.07, 6.45) is 31.5. The van der Waals surface area contributed by atoms with E-state index in [0.717, 1.165) is 11.8 Å². The molecular weight excluding hydrogens is 324 g/mol. The van der Waals surface area contributed by atoms with Crippen LogP contribution in [0.3, 0.4) is 0 Å². The van der Waals surface area contributed by atoms with Crippen molar-refractivity contribution in [1.29, 1.82) is 0 Å². The Kier molecular flexibility index (Phi) is 22.3. The van der Waals surface area contributed by atoms with Crippen molar-refractivity contribution in [3.63, 3.8) is 0 Å². The first-order valence-corrected chi connectivity index (χ1v) is 13.1. The van der Waals surface area contributed by atoms with E-state index in [1.807, 2.05) is 0 Å². The van der Waals surface area contributed by atoms with Crippen LogP contribution in [0.25, 0.3) is 0 Å². The van der Waals surface area contributed by atoms with Gasteiger partial charge in [0.15, 0.2) is 0 Å². The van der Waals surface area contributed by atoms with Gasteiger partial charge in [-0.15, -0.1) is 0 Å². The normalized spacial score (nSPS) is 13.8. The topological polar surface area (TPSA) is 0 Å². The minimum atomic E-state index is 0.901. The highest BCUT2D eigenvalue weighted by molar-refractivity contribution is 4.84. The van der Waals surface area contributed by atoms with Gasteiger partial charge in [0, 0.05) is 0 Å². The zero-order valence-electron chi connectivity index (χ0n) is 19.9. The van der Waals surface area contributed by atoms with Crippen molar-refractivity contribution in [1.82, 2.24) is 0 Å². The van der Waals surface area contributed by atoms with Gasteiger partial charge < -0.3 is 0 Å². The van der Waals surface area contributed by atoms with E-state index in [9.17, 15) is 0 Å². The molecule has 0 aromatic heterocycles. The summed E-state index contributed by atoms with van der Waals surface area (Å²) >= 11 is 0. The van der Waals surface area contributed by atoms with Gasteiger partial charge in [-0.2, -0.15) is 0 Å². The number of unbranched alkanes of at least 4 members (excludes halogenated alkanes) is 12. The minimum Gasteiger partial charge on any atom is -0.0654 e. The standard InChI is InChI=1S/C27H55/c1-5-9-13-16-17-20-24-27(23-19-15-11-7-3)25-26(21-12-8-4)22-18-14-10-6-2/h25-27H,5-24H2,1-4H3. The van der Waals surface area contributed by atoms with Crippen molar-refractivity contribution < 1.29 is 0 Å². The lowest BCUT2D eigenvalue weighted by molar-refractivity contribution is 0.368. The van der Waals surface area contributed by atoms with E-state index in [-0.39, 0.29) is 0 Å². The summed E-state index contributed by atoms with van der Waals surface area (Å²) in [7, 11) is 0. The second-order valence-corrected chi connectivity index (χ2v) is 9.11. The largest absolute Gasteiger partial charge is 0.0654 e. The Labute approximate surface area is 174 Å². The first-order chi connectivity index (χ1) is 13.3. The second kappa shape index (κ2) is 22.3. The van der Waals surface area contributed by atoms with Crippen LogP contribution in [0.1, 0.15) is 156 Å². The molecule has 0 rings (SSSR count). The predicted octanol–water partition coefficient (Wildman–Crippen LogP) is 10.3. The summed E-state index contributed by atoms with van der Waals surface area (Å²) in [5.41, 5.74) is 0. The SMILES string of the molecule is CCCCCCCCC([CH]C(CCCC)CCCCCC)CCCCCC. The molecule has 0 saturated carbocycles. The van der Waals surface area contributed by atoms with Crippen LogP contribution in [-0.4, -0.2) is 0 Å². The maximum atomic E-state index is 2.85. The third-order valence-electron chi connectivity index (χ3n) is 6.26. The van der Waals surface area contributed by atoms with Gasteiger partial charge in [0.2, 0.25) is 0 Å². The third kappa shape index (κ3) is 19.1. The molecule has 163 valence electrons. The van der Waals surface area contributed by atoms with Gasteiger partial charge in [-0.05, 0) is 18.3 Å². The summed E-state index contributed by atoms with van der Waals surface area (Å²) in [6, 6.07) is 0. The zero-order valence-corrected chi connectivity index (χ0v) is 19.9. The van der Waals surface area contributed by atoms with Gasteiger partial charge in [-0.1, -0.05) is 156 Å². The summed E-state index contributed by atoms with van der Waals surface area (Å²) in [4.78, 5) is 0. The maximum Gasteiger partial charge on any atom is -0.0324 e. The highest BCUT2D eigenvalue weighted by atomic mass is 14.2. The minimum absolute atomic E-state index is 0.901. The monoisotopic (exact) mass is 379 g/mol. The first-order valence-electron chi connectivity index (χ1n) is 13.1. The molecule has 0 aromatic carbocycles. The summed E-state index contributed by atoms with van der Waals surface area (Å²) < 4.78 is 0. The Morgan fingerprint density at radius 1 is 0.370 bits per heavy atom. The average molecular weight is 380 g/mol. The summed E-state index contributed by atoms with van der Waals surface area (Å²) in [5, 5.41) is 0. The van der Waals surface area contributed by atoms with Gasteiger partial charge >= 0.3 is 0 Å². The number of rotatable bonds is 22. The molecule has 0 saturated heterocycles. The lowest BCUT2D eigenvalue weighted by Crippen LogP contribution is -2.11. The molecule has 0 fully saturated rings. The number of hydrogen-bond acceptors (Lipinski definition) is 0. The van der Waals surface area contributed by atoms with E-state index < -0.39 is 0 Å². The van der Waals surface area contributed by atoms with Gasteiger partial charge in [-0.25, -0.2) is 0 Å². The van der Waals surface area contributed by atoms with E-state index in [4.69, 9.17) is 0 Å². The van der Waals surface area contributed by atoms with Crippen molar-refractivity contribution in [2.45, 2.75) is 156 Å². The fourth-order valence-electron chi connectivity index (χ4n) is 4.38. The summed E-state index contributed by atoms with van der Waals surface area (Å²) in [6.45, 7) is 9.33. The molecule has 0 nitrogen and oxygen atoms in total. The molecule has 1 radical (unpaired) electrons. The molecule has 0 aliphatic rings. The second-order valence-electron chi connectivity index (χ2n) is 9.11. The molecule has 0 aromatic rings. The summed E-state index contributed by atoms with van der Waals surface area (Å²) in [5.74, 6) is 1.80. The van der Waals surface area contributed by atoms with Crippen molar-refractivity contribution >= 4 is 0 Å². The Morgan fingerprint density at radius 2 is 0.667 bits per heavy atom. The van der Waals surface area contributed by atoms with E-state index in [1.165, 1.54) is 128 Å². The third-order valence-corrected chi connectivity index (χ3v) is 6.26. The Hall–Kier alpha value is 0. The molecule has 27 heavy (non-hydrogen) atoms. The molecule has 0 aliphatic heterocycles. The number of hydrogen-bond donors (Lipinski definition) is 0. The maximum absolute atomic E-state index is 2.85. The van der Waals surface area contributed by atoms with Crippen molar-refractivity contribution in [3.05, 3.63) is 6.42 Å². The quantitative estimate of drug-likeness (QED) is 0.164. The molecule has 0 aliphatic carbocycles. The van der Waals surface area contributed by atoms with Gasteiger partial charge in [0.05, 0.1) is 0 Å². The van der Waals surface area contributed by atoms with Gasteiger partial charge in [-0.3, -0.25) is 0 Å². The molecule has 0 bridgehead atoms. The molecule has 0 N–H and O–H groups in total. The van der Waals surface area contributed by atoms with Crippen LogP contribution in [0.2, 0.25) is 0 Å². The zero-order chi connectivity index (χ0) is 20.0. The smallest absolute Gasteiger partial charge is 0.0324 e. The van der Waals surface area contributed by atoms with Crippen LogP contribution in [0.5, 0.6) is 0 Å². The highest BCUT2D eigenvalue weighted by Crippen LogP contribution is 2.29. The van der Waals surface area contributed by atoms with Crippen molar-refractivity contribution in [3.8, 4) is 0 Å². The van der Waals surface area contributed by atoms with Crippen LogP contribution < -0.4 is 0 Å². The lowest BCUT2D eigenvalue weighted by atomic mass is 9.82. The highest BCUT2D eigenvalue weighted by Gasteiger charge is 2.16. The Morgan fingerprint density at radius 3 is 1.07 bits per heavy atom. The predicted molar refractivity (Wildman–Crippen MR) is 126 cm³/mol. The van der Waals surface area contributed by atoms with Crippen molar-refractivity contribution in [2.24, 2.45) is 11.8 Å². The first kappa shape index (κ1) is 27.0. The Balaban J connectivity index is 4.33. The lowest BCUT2D eigenvalue weighted by Gasteiger charge is -2.24. The molecule has 2 atom stereocenters. The van der Waals surface area contributed by atoms with E-state index in [2.05, 4.69) is 34.1 Å². The van der Waals surface area contributed by atoms with E-state index in [1.54, 1.807) is 0 Å². The molecule has 0 heterocycles. The Bertz CT molecular complexity index is 257. The van der Waals surface area contributed by atoms with Gasteiger partial charge in [0.1, 0.15) is 0 Å². The van der Waals surface area contributed by atoms with E-state index >= 15 is 0 Å². The molecule has 0 spiro atoms. The van der Waals surface area contributed by atoms with Gasteiger partial charge in [0.25, 0.3) is 0 Å². The van der Waals surface area contributed by atoms with Crippen molar-refractivity contribution in [2.75, 3.05) is 0 Å². The molecule has 0 heteroatoms. The van der Waals surface area contributed by atoms with Crippen LogP contribution >= 0.6 is 0 Å². The molecular formula is C27H55. The molecule has 0 amide bonds. The van der Waals surface area contributed by atoms with E-state index in [0.29, 0.717) is 0 Å². The fourth-order valence-corrected chi connectivity index (χ4v) is 4.38.